The van der Waals surface area contributed by atoms with Crippen LogP contribution in [0.1, 0.15) is 30.0 Å². The highest BCUT2D eigenvalue weighted by molar-refractivity contribution is 7.98. The Kier molecular flexibility index (Phi) is 11.6. The minimum absolute atomic E-state index is 0.0832. The van der Waals surface area contributed by atoms with Gasteiger partial charge in [0.05, 0.1) is 10.6 Å². The molecule has 0 aliphatic heterocycles. The molecule has 0 aromatic heterocycles. The molecule has 0 fully saturated rings. The molecule has 1 atom stereocenters. The van der Waals surface area contributed by atoms with Gasteiger partial charge in [0.1, 0.15) is 12.6 Å². The van der Waals surface area contributed by atoms with E-state index >= 15 is 0 Å². The fraction of sp³-hybridized carbons (Fsp3) is 0.257. The summed E-state index contributed by atoms with van der Waals surface area (Å²) < 4.78 is 29.4. The van der Waals surface area contributed by atoms with Gasteiger partial charge in [-0.05, 0) is 67.1 Å². The molecule has 0 aliphatic rings. The second-order valence-electron chi connectivity index (χ2n) is 10.5. The van der Waals surface area contributed by atoms with Gasteiger partial charge in [-0.2, -0.15) is 0 Å². The quantitative estimate of drug-likeness (QED) is 0.171. The number of nitrogens with one attached hydrogen (secondary N) is 1. The molecule has 0 radical (unpaired) electrons. The molecule has 7 nitrogen and oxygen atoms in total. The smallest absolute Gasteiger partial charge is 0.264 e. The second-order valence-corrected chi connectivity index (χ2v) is 13.3. The Morgan fingerprint density at radius 1 is 0.818 bits per heavy atom. The highest BCUT2D eigenvalue weighted by atomic mass is 32.2. The molecule has 0 saturated carbocycles. The monoisotopic (exact) mass is 629 g/mol. The van der Waals surface area contributed by atoms with Crippen LogP contribution in [0.4, 0.5) is 5.69 Å². The number of sulfonamides is 1. The highest BCUT2D eigenvalue weighted by Crippen LogP contribution is 2.27. The molecule has 1 N–H and O–H groups in total. The fourth-order valence-electron chi connectivity index (χ4n) is 4.81. The normalized spacial score (nSPS) is 11.9. The van der Waals surface area contributed by atoms with Crippen molar-refractivity contribution in [1.29, 1.82) is 0 Å². The van der Waals surface area contributed by atoms with Crippen LogP contribution in [0.3, 0.4) is 0 Å². The van der Waals surface area contributed by atoms with Crippen LogP contribution in [-0.2, 0) is 32.6 Å². The van der Waals surface area contributed by atoms with Crippen molar-refractivity contribution in [3.63, 3.8) is 0 Å². The maximum Gasteiger partial charge on any atom is 0.264 e. The van der Waals surface area contributed by atoms with Crippen molar-refractivity contribution < 1.29 is 18.0 Å². The minimum atomic E-state index is -4.14. The predicted octanol–water partition coefficient (Wildman–Crippen LogP) is 6.08. The highest BCUT2D eigenvalue weighted by Gasteiger charge is 2.34. The predicted molar refractivity (Wildman–Crippen MR) is 178 cm³/mol. The van der Waals surface area contributed by atoms with Crippen molar-refractivity contribution >= 4 is 39.3 Å². The summed E-state index contributed by atoms with van der Waals surface area (Å²) in [6.07, 6.45) is 2.94. The van der Waals surface area contributed by atoms with E-state index in [2.05, 4.69) is 5.32 Å². The van der Waals surface area contributed by atoms with Gasteiger partial charge in [-0.1, -0.05) is 85.3 Å². The number of amides is 2. The second kappa shape index (κ2) is 15.6. The van der Waals surface area contributed by atoms with E-state index in [9.17, 15) is 18.0 Å². The van der Waals surface area contributed by atoms with Crippen molar-refractivity contribution in [2.75, 3.05) is 23.7 Å². The molecule has 2 amide bonds. The lowest BCUT2D eigenvalue weighted by Crippen LogP contribution is -2.53. The summed E-state index contributed by atoms with van der Waals surface area (Å²) >= 11 is 1.51. The van der Waals surface area contributed by atoms with E-state index in [0.717, 1.165) is 32.3 Å². The van der Waals surface area contributed by atoms with Gasteiger partial charge in [0.25, 0.3) is 10.0 Å². The van der Waals surface area contributed by atoms with Crippen molar-refractivity contribution in [3.05, 3.63) is 126 Å². The van der Waals surface area contributed by atoms with Gasteiger partial charge in [0.2, 0.25) is 11.8 Å². The van der Waals surface area contributed by atoms with Crippen molar-refractivity contribution in [2.24, 2.45) is 0 Å². The molecule has 0 spiro atoms. The van der Waals surface area contributed by atoms with Gasteiger partial charge in [0, 0.05) is 24.4 Å². The van der Waals surface area contributed by atoms with Gasteiger partial charge in [0.15, 0.2) is 0 Å². The number of thioether (sulfide) groups is 1. The largest absolute Gasteiger partial charge is 0.354 e. The summed E-state index contributed by atoms with van der Waals surface area (Å²) in [6.45, 7) is 4.01. The Morgan fingerprint density at radius 3 is 1.98 bits per heavy atom. The van der Waals surface area contributed by atoms with Gasteiger partial charge in [-0.3, -0.25) is 13.9 Å². The number of nitrogens with zero attached hydrogens (tertiary/aromatic N) is 2. The topological polar surface area (TPSA) is 86.8 Å². The van der Waals surface area contributed by atoms with E-state index in [-0.39, 0.29) is 23.8 Å². The number of hydrogen-bond acceptors (Lipinski definition) is 5. The molecule has 0 aliphatic carbocycles. The summed E-state index contributed by atoms with van der Waals surface area (Å²) in [5.41, 5.74) is 3.06. The van der Waals surface area contributed by atoms with Gasteiger partial charge in [-0.25, -0.2) is 8.42 Å². The van der Waals surface area contributed by atoms with Crippen LogP contribution in [0.5, 0.6) is 0 Å². The van der Waals surface area contributed by atoms with Crippen LogP contribution in [0.2, 0.25) is 0 Å². The average Bonchev–Trinajstić information content (AvgIpc) is 3.05. The third-order valence-corrected chi connectivity index (χ3v) is 9.80. The third-order valence-electron chi connectivity index (χ3n) is 7.26. The van der Waals surface area contributed by atoms with E-state index in [1.165, 1.54) is 16.7 Å². The van der Waals surface area contributed by atoms with Crippen molar-refractivity contribution in [2.45, 2.75) is 49.1 Å². The SMILES string of the molecule is CCCNC(=O)C(Cc1ccccc1)N(Cc1ccccc1)C(=O)CN(c1ccc(C)cc1)S(=O)(=O)c1ccc(SC)cc1. The molecule has 0 bridgehead atoms. The summed E-state index contributed by atoms with van der Waals surface area (Å²) in [6, 6.07) is 31.8. The van der Waals surface area contributed by atoms with Crippen molar-refractivity contribution in [3.8, 4) is 0 Å². The molecule has 44 heavy (non-hydrogen) atoms. The Balaban J connectivity index is 1.77. The summed E-state index contributed by atoms with van der Waals surface area (Å²) in [4.78, 5) is 30.6. The van der Waals surface area contributed by atoms with Gasteiger partial charge < -0.3 is 10.2 Å². The van der Waals surface area contributed by atoms with Crippen LogP contribution in [0.15, 0.2) is 119 Å². The molecule has 0 heterocycles. The Labute approximate surface area is 265 Å². The van der Waals surface area contributed by atoms with Gasteiger partial charge >= 0.3 is 0 Å². The van der Waals surface area contributed by atoms with E-state index < -0.39 is 28.5 Å². The first-order chi connectivity index (χ1) is 21.2. The molecule has 4 aromatic rings. The fourth-order valence-corrected chi connectivity index (χ4v) is 6.64. The molecule has 230 valence electrons. The third kappa shape index (κ3) is 8.51. The number of carbonyl (C=O) groups is 2. The van der Waals surface area contributed by atoms with E-state index in [1.54, 1.807) is 36.4 Å². The van der Waals surface area contributed by atoms with E-state index in [0.29, 0.717) is 12.2 Å². The maximum absolute atomic E-state index is 14.4. The summed E-state index contributed by atoms with van der Waals surface area (Å²) in [5, 5.41) is 2.97. The number of rotatable bonds is 14. The number of hydrogen-bond donors (Lipinski definition) is 1. The number of carbonyl (C=O) groups excluding carboxylic acids is 2. The lowest BCUT2D eigenvalue weighted by Gasteiger charge is -2.34. The first-order valence-electron chi connectivity index (χ1n) is 14.6. The summed E-state index contributed by atoms with van der Waals surface area (Å²) in [7, 11) is -4.14. The zero-order valence-corrected chi connectivity index (χ0v) is 27.0. The number of anilines is 1. The number of aryl methyl sites for hydroxylation is 1. The van der Waals surface area contributed by atoms with Crippen LogP contribution in [-0.4, -0.2) is 50.5 Å². The first kappa shape index (κ1) is 32.8. The average molecular weight is 630 g/mol. The zero-order valence-electron chi connectivity index (χ0n) is 25.3. The molecular weight excluding hydrogens is 591 g/mol. The number of benzene rings is 4. The lowest BCUT2D eigenvalue weighted by molar-refractivity contribution is -0.140. The standard InChI is InChI=1S/C35H39N3O4S2/c1-4-23-36-35(40)33(24-28-11-7-5-8-12-28)37(25-29-13-9-6-10-14-29)34(39)26-38(30-17-15-27(2)16-18-30)44(41,42)32-21-19-31(43-3)20-22-32/h5-22,33H,4,23-26H2,1-3H3,(H,36,40). The minimum Gasteiger partial charge on any atom is -0.354 e. The maximum atomic E-state index is 14.4. The van der Waals surface area contributed by atoms with Crippen LogP contribution >= 0.6 is 11.8 Å². The molecule has 9 heteroatoms. The first-order valence-corrected chi connectivity index (χ1v) is 17.3. The molecule has 4 aromatic carbocycles. The molecule has 1 unspecified atom stereocenters. The Hall–Kier alpha value is -4.08. The van der Waals surface area contributed by atoms with E-state index in [4.69, 9.17) is 0 Å². The van der Waals surface area contributed by atoms with Crippen molar-refractivity contribution in [1.82, 2.24) is 10.2 Å². The van der Waals surface area contributed by atoms with E-state index in [1.807, 2.05) is 92.9 Å². The Bertz CT molecular complexity index is 1610. The molecule has 4 rings (SSSR count). The van der Waals surface area contributed by atoms with Crippen LogP contribution in [0.25, 0.3) is 0 Å². The molecular formula is C35H39N3O4S2. The van der Waals surface area contributed by atoms with Crippen LogP contribution in [0, 0.1) is 6.92 Å². The summed E-state index contributed by atoms with van der Waals surface area (Å²) in [5.74, 6) is -0.760. The zero-order chi connectivity index (χ0) is 31.5. The van der Waals surface area contributed by atoms with Gasteiger partial charge in [-0.15, -0.1) is 11.8 Å². The Morgan fingerprint density at radius 2 is 1.41 bits per heavy atom. The van der Waals surface area contributed by atoms with Crippen LogP contribution < -0.4 is 9.62 Å². The lowest BCUT2D eigenvalue weighted by atomic mass is 10.0. The molecule has 0 saturated heterocycles.